The number of hydrogen-bond donors (Lipinski definition) is 1. The molecule has 6 nitrogen and oxygen atoms in total. The van der Waals surface area contributed by atoms with Gasteiger partial charge in [0, 0.05) is 12.3 Å². The fourth-order valence-corrected chi connectivity index (χ4v) is 3.62. The van der Waals surface area contributed by atoms with E-state index in [1.165, 1.54) is 0 Å². The zero-order chi connectivity index (χ0) is 17.3. The molecule has 0 saturated carbocycles. The van der Waals surface area contributed by atoms with Gasteiger partial charge in [-0.3, -0.25) is 4.79 Å². The lowest BCUT2D eigenvalue weighted by molar-refractivity contribution is -0.123. The monoisotopic (exact) mass is 348 g/mol. The molecule has 3 rings (SSSR count). The number of unbranched alkanes of at least 4 members (excludes halogenated alkanes) is 1. The number of furan rings is 1. The Morgan fingerprint density at radius 3 is 2.88 bits per heavy atom. The molecule has 1 aliphatic rings. The number of aromatic nitrogens is 3. The van der Waals surface area contributed by atoms with E-state index in [1.807, 2.05) is 37.6 Å². The van der Waals surface area contributed by atoms with E-state index in [0.29, 0.717) is 11.6 Å². The molecular weight excluding hydrogens is 324 g/mol. The quantitative estimate of drug-likeness (QED) is 0.897. The summed E-state index contributed by atoms with van der Waals surface area (Å²) in [6.45, 7) is 8.73. The van der Waals surface area contributed by atoms with Crippen LogP contribution in [0.15, 0.2) is 16.5 Å². The fraction of sp³-hybridized carbons (Fsp3) is 0.588. The highest BCUT2D eigenvalue weighted by Crippen LogP contribution is 2.34. The first-order valence-corrected chi connectivity index (χ1v) is 9.35. The molecule has 3 heterocycles. The van der Waals surface area contributed by atoms with Crippen molar-refractivity contribution in [2.24, 2.45) is 0 Å². The van der Waals surface area contributed by atoms with E-state index in [-0.39, 0.29) is 11.9 Å². The molecule has 2 aromatic heterocycles. The minimum atomic E-state index is -0.397. The van der Waals surface area contributed by atoms with Crippen molar-refractivity contribution in [2.45, 2.75) is 57.9 Å². The number of hydrogen-bond acceptors (Lipinski definition) is 5. The van der Waals surface area contributed by atoms with Crippen LogP contribution in [0.25, 0.3) is 11.6 Å². The van der Waals surface area contributed by atoms with Crippen molar-refractivity contribution >= 4 is 17.7 Å². The van der Waals surface area contributed by atoms with Crippen LogP contribution >= 0.6 is 11.8 Å². The molecule has 1 N–H and O–H groups in total. The van der Waals surface area contributed by atoms with Crippen LogP contribution in [0.3, 0.4) is 0 Å². The van der Waals surface area contributed by atoms with Gasteiger partial charge in [-0.25, -0.2) is 9.67 Å². The van der Waals surface area contributed by atoms with Crippen molar-refractivity contribution in [1.82, 2.24) is 20.1 Å². The Balaban J connectivity index is 1.90. The molecule has 0 aliphatic carbocycles. The summed E-state index contributed by atoms with van der Waals surface area (Å²) in [5.41, 5.74) is 0. The molecule has 0 radical (unpaired) electrons. The van der Waals surface area contributed by atoms with Crippen molar-refractivity contribution in [3.05, 3.63) is 23.7 Å². The van der Waals surface area contributed by atoms with Gasteiger partial charge in [-0.15, -0.1) is 16.9 Å². The Morgan fingerprint density at radius 2 is 2.25 bits per heavy atom. The average molecular weight is 348 g/mol. The number of aryl methyl sites for hydroxylation is 2. The molecule has 7 heteroatoms. The summed E-state index contributed by atoms with van der Waals surface area (Å²) in [7, 11) is 0. The van der Waals surface area contributed by atoms with E-state index >= 15 is 0 Å². The SMILES string of the molecule is CCCCn1nc(-c2ccc(C)o2)nc1[C@@H]1CSC(C)(C)C(=O)N1. The largest absolute Gasteiger partial charge is 0.458 e. The molecule has 1 fully saturated rings. The smallest absolute Gasteiger partial charge is 0.236 e. The number of thioether (sulfide) groups is 1. The van der Waals surface area contributed by atoms with Crippen LogP contribution in [0, 0.1) is 6.92 Å². The Kier molecular flexibility index (Phi) is 4.71. The lowest BCUT2D eigenvalue weighted by Gasteiger charge is -2.33. The highest BCUT2D eigenvalue weighted by Gasteiger charge is 2.37. The van der Waals surface area contributed by atoms with Gasteiger partial charge in [0.2, 0.25) is 11.7 Å². The first kappa shape index (κ1) is 17.1. The van der Waals surface area contributed by atoms with Gasteiger partial charge in [-0.05, 0) is 39.3 Å². The number of carbonyl (C=O) groups is 1. The van der Waals surface area contributed by atoms with Crippen molar-refractivity contribution in [1.29, 1.82) is 0 Å². The second-order valence-electron chi connectivity index (χ2n) is 6.63. The molecule has 24 heavy (non-hydrogen) atoms. The van der Waals surface area contributed by atoms with Crippen LogP contribution in [0.5, 0.6) is 0 Å². The van der Waals surface area contributed by atoms with Crippen LogP contribution < -0.4 is 5.32 Å². The summed E-state index contributed by atoms with van der Waals surface area (Å²) in [5, 5.41) is 7.72. The van der Waals surface area contributed by atoms with Gasteiger partial charge in [0.1, 0.15) is 5.76 Å². The zero-order valence-electron chi connectivity index (χ0n) is 14.6. The first-order chi connectivity index (χ1) is 11.4. The highest BCUT2D eigenvalue weighted by molar-refractivity contribution is 8.01. The molecule has 130 valence electrons. The van der Waals surface area contributed by atoms with E-state index in [1.54, 1.807) is 11.8 Å². The van der Waals surface area contributed by atoms with Crippen molar-refractivity contribution < 1.29 is 9.21 Å². The van der Waals surface area contributed by atoms with E-state index in [2.05, 4.69) is 22.3 Å². The van der Waals surface area contributed by atoms with Crippen LogP contribution in [0.4, 0.5) is 0 Å². The summed E-state index contributed by atoms with van der Waals surface area (Å²) in [4.78, 5) is 17.0. The van der Waals surface area contributed by atoms with Gasteiger partial charge in [0.15, 0.2) is 11.6 Å². The normalized spacial score (nSPS) is 20.2. The summed E-state index contributed by atoms with van der Waals surface area (Å²) >= 11 is 1.66. The van der Waals surface area contributed by atoms with E-state index in [0.717, 1.165) is 36.7 Å². The Hall–Kier alpha value is -1.76. The van der Waals surface area contributed by atoms with Gasteiger partial charge in [0.25, 0.3) is 0 Å². The second-order valence-corrected chi connectivity index (χ2v) is 8.27. The molecule has 2 aromatic rings. The van der Waals surface area contributed by atoms with Gasteiger partial charge in [-0.2, -0.15) is 0 Å². The van der Waals surface area contributed by atoms with E-state index in [9.17, 15) is 4.79 Å². The topological polar surface area (TPSA) is 73.0 Å². The minimum absolute atomic E-state index is 0.0455. The molecule has 1 atom stereocenters. The molecule has 0 bridgehead atoms. The van der Waals surface area contributed by atoms with E-state index < -0.39 is 4.75 Å². The average Bonchev–Trinajstić information content (AvgIpc) is 3.14. The predicted molar refractivity (Wildman–Crippen MR) is 94.8 cm³/mol. The zero-order valence-corrected chi connectivity index (χ0v) is 15.4. The van der Waals surface area contributed by atoms with Gasteiger partial charge in [0.05, 0.1) is 10.8 Å². The molecule has 0 spiro atoms. The Morgan fingerprint density at radius 1 is 1.46 bits per heavy atom. The Labute approximate surface area is 146 Å². The summed E-state index contributed by atoms with van der Waals surface area (Å²) < 4.78 is 7.17. The molecule has 0 unspecified atom stereocenters. The third kappa shape index (κ3) is 3.36. The van der Waals surface area contributed by atoms with Crippen molar-refractivity contribution in [2.75, 3.05) is 5.75 Å². The standard InChI is InChI=1S/C17H24N4O2S/c1-5-6-9-21-15(12-10-24-17(3,4)16(22)18-12)19-14(20-21)13-8-7-11(2)23-13/h7-8,12H,5-6,9-10H2,1-4H3,(H,18,22)/t12-/m0/s1. The highest BCUT2D eigenvalue weighted by atomic mass is 32.2. The Bertz CT molecular complexity index is 735. The maximum Gasteiger partial charge on any atom is 0.236 e. The molecular formula is C17H24N4O2S. The second kappa shape index (κ2) is 6.63. The molecule has 0 aromatic carbocycles. The lowest BCUT2D eigenvalue weighted by Crippen LogP contribution is -2.48. The number of amides is 1. The summed E-state index contributed by atoms with van der Waals surface area (Å²) in [6, 6.07) is 3.67. The van der Waals surface area contributed by atoms with Gasteiger partial charge >= 0.3 is 0 Å². The summed E-state index contributed by atoms with van der Waals surface area (Å²) in [5.74, 6) is 3.73. The maximum atomic E-state index is 12.3. The van der Waals surface area contributed by atoms with Gasteiger partial charge < -0.3 is 9.73 Å². The first-order valence-electron chi connectivity index (χ1n) is 8.37. The van der Waals surface area contributed by atoms with Crippen molar-refractivity contribution in [3.8, 4) is 11.6 Å². The van der Waals surface area contributed by atoms with E-state index in [4.69, 9.17) is 4.42 Å². The van der Waals surface area contributed by atoms with Crippen molar-refractivity contribution in [3.63, 3.8) is 0 Å². The summed E-state index contributed by atoms with van der Waals surface area (Å²) in [6.07, 6.45) is 2.10. The van der Waals surface area contributed by atoms with Crippen LogP contribution in [0.1, 0.15) is 51.2 Å². The third-order valence-electron chi connectivity index (χ3n) is 4.16. The minimum Gasteiger partial charge on any atom is -0.458 e. The lowest BCUT2D eigenvalue weighted by atomic mass is 10.1. The molecule has 1 aliphatic heterocycles. The maximum absolute atomic E-state index is 12.3. The van der Waals surface area contributed by atoms with Crippen LogP contribution in [-0.4, -0.2) is 31.2 Å². The number of nitrogens with one attached hydrogen (secondary N) is 1. The third-order valence-corrected chi connectivity index (χ3v) is 5.57. The fourth-order valence-electron chi connectivity index (χ4n) is 2.61. The number of nitrogens with zero attached hydrogens (tertiary/aromatic N) is 3. The van der Waals surface area contributed by atoms with Crippen LogP contribution in [0.2, 0.25) is 0 Å². The molecule has 1 amide bonds. The molecule has 1 saturated heterocycles. The number of carbonyl (C=O) groups excluding carboxylic acids is 1. The van der Waals surface area contributed by atoms with Gasteiger partial charge in [-0.1, -0.05) is 13.3 Å². The van der Waals surface area contributed by atoms with Crippen LogP contribution in [-0.2, 0) is 11.3 Å². The number of rotatable bonds is 5. The predicted octanol–water partition coefficient (Wildman–Crippen LogP) is 3.33.